The highest BCUT2D eigenvalue weighted by Gasteiger charge is 2.28. The molecule has 0 saturated carbocycles. The summed E-state index contributed by atoms with van der Waals surface area (Å²) in [6, 6.07) is 0. The highest BCUT2D eigenvalue weighted by atomic mass is 28.4. The van der Waals surface area contributed by atoms with E-state index in [4.69, 9.17) is 9.16 Å². The van der Waals surface area contributed by atoms with E-state index in [2.05, 4.69) is 16.6 Å². The first-order valence-corrected chi connectivity index (χ1v) is 9.10. The maximum Gasteiger partial charge on any atom is 0.364 e. The fourth-order valence-corrected chi connectivity index (χ4v) is 1.87. The fraction of sp³-hybridized carbons (Fsp3) is 0.667. The van der Waals surface area contributed by atoms with Crippen LogP contribution in [0.3, 0.4) is 0 Å². The van der Waals surface area contributed by atoms with Gasteiger partial charge < -0.3 is 14.0 Å². The summed E-state index contributed by atoms with van der Waals surface area (Å²) in [7, 11) is -0.507. The second-order valence-corrected chi connectivity index (χ2v) is 10.2. The van der Waals surface area contributed by atoms with E-state index < -0.39 is 19.9 Å². The average Bonchev–Trinajstić information content (AvgIpc) is 2.07. The van der Waals surface area contributed by atoms with Gasteiger partial charge in [-0.05, 0) is 40.4 Å². The molecule has 0 amide bonds. The predicted octanol–water partition coefficient (Wildman–Crippen LogP) is 2.70. The van der Waals surface area contributed by atoms with Gasteiger partial charge in [-0.3, -0.25) is 0 Å². The third kappa shape index (κ3) is 7.11. The predicted molar refractivity (Wildman–Crippen MR) is 73.9 cm³/mol. The minimum atomic E-state index is -1.86. The Hall–Kier alpha value is -1.30. The van der Waals surface area contributed by atoms with E-state index in [1.165, 1.54) is 7.11 Å². The molecule has 0 radical (unpaired) electrons. The zero-order valence-corrected chi connectivity index (χ0v) is 13.3. The Morgan fingerprint density at radius 3 is 2.06 bits per heavy atom. The van der Waals surface area contributed by atoms with Crippen molar-refractivity contribution in [2.45, 2.75) is 46.0 Å². The summed E-state index contributed by atoms with van der Waals surface area (Å²) in [5.41, 5.74) is -0.639. The Morgan fingerprint density at radius 1 is 1.22 bits per heavy atom. The van der Waals surface area contributed by atoms with Gasteiger partial charge in [0, 0.05) is 0 Å². The van der Waals surface area contributed by atoms with E-state index in [1.54, 1.807) is 20.8 Å². The van der Waals surface area contributed by atoms with Gasteiger partial charge in [0.2, 0.25) is 14.0 Å². The van der Waals surface area contributed by atoms with E-state index >= 15 is 0 Å². The van der Waals surface area contributed by atoms with Crippen LogP contribution in [0.5, 0.6) is 0 Å². The highest BCUT2D eigenvalue weighted by molar-refractivity contribution is 6.70. The van der Waals surface area contributed by atoms with E-state index in [0.717, 1.165) is 0 Å². The lowest BCUT2D eigenvalue weighted by Gasteiger charge is -2.23. The number of oxime groups is 1. The molecule has 0 spiro atoms. The average molecular weight is 273 g/mol. The first kappa shape index (κ1) is 16.7. The molecule has 0 unspecified atom stereocenters. The Balaban J connectivity index is 4.94. The van der Waals surface area contributed by atoms with Gasteiger partial charge in [0.15, 0.2) is 0 Å². The van der Waals surface area contributed by atoms with Crippen LogP contribution in [0.4, 0.5) is 0 Å². The maximum atomic E-state index is 11.9. The minimum Gasteiger partial charge on any atom is -0.543 e. The van der Waals surface area contributed by atoms with Crippen LogP contribution in [-0.2, 0) is 18.8 Å². The quantitative estimate of drug-likeness (QED) is 0.254. The van der Waals surface area contributed by atoms with Gasteiger partial charge in [-0.1, -0.05) is 11.7 Å². The standard InChI is InChI=1S/C12H23NO4Si/c1-9(17-18(6,7)8)10(13-15-5)11(14)16-12(2,3)4/h1H2,2-8H3/b13-10+. The Morgan fingerprint density at radius 2 is 1.72 bits per heavy atom. The molecule has 0 aromatic heterocycles. The summed E-state index contributed by atoms with van der Waals surface area (Å²) >= 11 is 0. The van der Waals surface area contributed by atoms with Crippen LogP contribution in [-0.4, -0.2) is 32.7 Å². The van der Waals surface area contributed by atoms with Gasteiger partial charge in [-0.15, -0.1) is 0 Å². The monoisotopic (exact) mass is 273 g/mol. The van der Waals surface area contributed by atoms with Crippen molar-refractivity contribution in [3.05, 3.63) is 12.3 Å². The number of rotatable bonds is 5. The van der Waals surface area contributed by atoms with Gasteiger partial charge in [0.05, 0.1) is 0 Å². The van der Waals surface area contributed by atoms with Crippen LogP contribution in [0, 0.1) is 0 Å². The van der Waals surface area contributed by atoms with Crippen LogP contribution in [0.25, 0.3) is 0 Å². The maximum absolute atomic E-state index is 11.9. The van der Waals surface area contributed by atoms with Crippen molar-refractivity contribution in [1.29, 1.82) is 0 Å². The minimum absolute atomic E-state index is 0.0325. The van der Waals surface area contributed by atoms with Gasteiger partial charge in [0.1, 0.15) is 18.5 Å². The third-order valence-electron chi connectivity index (χ3n) is 1.47. The second-order valence-electron chi connectivity index (χ2n) is 5.76. The van der Waals surface area contributed by atoms with Gasteiger partial charge in [-0.25, -0.2) is 4.79 Å². The smallest absolute Gasteiger partial charge is 0.364 e. The first-order valence-electron chi connectivity index (χ1n) is 5.69. The molecule has 0 rings (SSSR count). The van der Waals surface area contributed by atoms with E-state index in [9.17, 15) is 4.79 Å². The van der Waals surface area contributed by atoms with Crippen molar-refractivity contribution in [1.82, 2.24) is 0 Å². The number of hydrogen-bond acceptors (Lipinski definition) is 5. The molecule has 0 aromatic carbocycles. The number of nitrogens with zero attached hydrogens (tertiary/aromatic N) is 1. The van der Waals surface area contributed by atoms with E-state index in [-0.39, 0.29) is 11.5 Å². The summed E-state index contributed by atoms with van der Waals surface area (Å²) in [6.45, 7) is 15.0. The Kier molecular flexibility index (Phi) is 5.60. The number of carbonyl (C=O) groups is 1. The summed E-state index contributed by atoms with van der Waals surface area (Å²) in [5, 5.41) is 3.63. The van der Waals surface area contributed by atoms with Gasteiger partial charge in [-0.2, -0.15) is 0 Å². The van der Waals surface area contributed by atoms with Gasteiger partial charge >= 0.3 is 5.97 Å². The molecule has 0 heterocycles. The molecular weight excluding hydrogens is 250 g/mol. The number of carbonyl (C=O) groups excluding carboxylic acids is 1. The lowest BCUT2D eigenvalue weighted by molar-refractivity contribution is -0.146. The molecule has 0 bridgehead atoms. The van der Waals surface area contributed by atoms with Crippen LogP contribution in [0.1, 0.15) is 20.8 Å². The molecule has 5 nitrogen and oxygen atoms in total. The SMILES string of the molecule is C=C(O[Si](C)(C)C)/C(=N\OC)C(=O)OC(C)(C)C. The Bertz CT molecular complexity index is 320. The number of esters is 1. The largest absolute Gasteiger partial charge is 0.543 e. The molecule has 0 aliphatic rings. The molecule has 0 N–H and O–H groups in total. The molecule has 0 aliphatic carbocycles. The lowest BCUT2D eigenvalue weighted by atomic mass is 10.2. The summed E-state index contributed by atoms with van der Waals surface area (Å²) in [6.07, 6.45) is 0. The number of hydrogen-bond donors (Lipinski definition) is 0. The van der Waals surface area contributed by atoms with Crippen molar-refractivity contribution in [2.75, 3.05) is 7.11 Å². The molecule has 0 fully saturated rings. The van der Waals surface area contributed by atoms with E-state index in [0.29, 0.717) is 0 Å². The molecule has 0 aliphatic heterocycles. The molecule has 0 aromatic rings. The number of ether oxygens (including phenoxy) is 1. The normalized spacial score (nSPS) is 12.9. The topological polar surface area (TPSA) is 57.1 Å². The second kappa shape index (κ2) is 6.04. The highest BCUT2D eigenvalue weighted by Crippen LogP contribution is 2.14. The Labute approximate surface area is 110 Å². The summed E-state index contributed by atoms with van der Waals surface area (Å²) < 4.78 is 10.8. The summed E-state index contributed by atoms with van der Waals surface area (Å²) in [4.78, 5) is 16.6. The zero-order chi connectivity index (χ0) is 14.6. The van der Waals surface area contributed by atoms with Gasteiger partial charge in [0.25, 0.3) is 0 Å². The van der Waals surface area contributed by atoms with Crippen molar-refractivity contribution < 1.29 is 18.8 Å². The van der Waals surface area contributed by atoms with E-state index in [1.807, 2.05) is 19.6 Å². The molecule has 104 valence electrons. The molecular formula is C12H23NO4Si. The molecule has 0 atom stereocenters. The van der Waals surface area contributed by atoms with Crippen LogP contribution < -0.4 is 0 Å². The van der Waals surface area contributed by atoms with Crippen molar-refractivity contribution in [2.24, 2.45) is 5.16 Å². The zero-order valence-electron chi connectivity index (χ0n) is 12.3. The van der Waals surface area contributed by atoms with Crippen molar-refractivity contribution in [3.63, 3.8) is 0 Å². The molecule has 6 heteroatoms. The van der Waals surface area contributed by atoms with Crippen LogP contribution >= 0.6 is 0 Å². The van der Waals surface area contributed by atoms with Crippen molar-refractivity contribution >= 4 is 20.0 Å². The first-order chi connectivity index (χ1) is 7.96. The van der Waals surface area contributed by atoms with Crippen LogP contribution in [0.15, 0.2) is 17.5 Å². The van der Waals surface area contributed by atoms with Crippen LogP contribution in [0.2, 0.25) is 19.6 Å². The lowest BCUT2D eigenvalue weighted by Crippen LogP contribution is -2.33. The van der Waals surface area contributed by atoms with Crippen molar-refractivity contribution in [3.8, 4) is 0 Å². The fourth-order valence-electron chi connectivity index (χ4n) is 1.04. The molecule has 18 heavy (non-hydrogen) atoms. The third-order valence-corrected chi connectivity index (χ3v) is 2.33. The summed E-state index contributed by atoms with van der Waals surface area (Å²) in [5.74, 6) is -0.419. The molecule has 0 saturated heterocycles.